The van der Waals surface area contributed by atoms with Crippen molar-refractivity contribution in [2.45, 2.75) is 6.92 Å². The van der Waals surface area contributed by atoms with Gasteiger partial charge in [-0.3, -0.25) is 4.90 Å². The monoisotopic (exact) mass is 355 g/mol. The van der Waals surface area contributed by atoms with E-state index in [-0.39, 0.29) is 0 Å². The normalized spacial score (nSPS) is 25.0. The molecule has 2 bridgehead atoms. The predicted octanol–water partition coefficient (Wildman–Crippen LogP) is 2.19. The van der Waals surface area contributed by atoms with Gasteiger partial charge in [-0.05, 0) is 31.2 Å². The molecule has 0 radical (unpaired) electrons. The lowest BCUT2D eigenvalue weighted by Crippen LogP contribution is -2.68. The highest BCUT2D eigenvalue weighted by atomic mass is 15.5. The maximum absolute atomic E-state index is 4.19. The van der Waals surface area contributed by atoms with Crippen LogP contribution in [0.15, 0.2) is 40.8 Å². The summed E-state index contributed by atoms with van der Waals surface area (Å²) in [4.78, 5) is 7.88. The Morgan fingerprint density at radius 2 is 1.85 bits per heavy atom. The third-order valence-electron chi connectivity index (χ3n) is 5.78. The van der Waals surface area contributed by atoms with Crippen molar-refractivity contribution in [3.63, 3.8) is 0 Å². The first kappa shape index (κ1) is 17.1. The fourth-order valence-electron chi connectivity index (χ4n) is 3.95. The number of nitrogens with zero attached hydrogens (tertiary/aromatic N) is 7. The second-order valence-corrected chi connectivity index (χ2v) is 7.19. The molecule has 0 spiro atoms. The summed E-state index contributed by atoms with van der Waals surface area (Å²) in [5, 5.41) is 15.7. The van der Waals surface area contributed by atoms with Gasteiger partial charge in [0, 0.05) is 31.9 Å². The van der Waals surface area contributed by atoms with Gasteiger partial charge in [0.1, 0.15) is 6.33 Å². The van der Waals surface area contributed by atoms with E-state index in [9.17, 15) is 0 Å². The number of aromatic nitrogens is 3. The van der Waals surface area contributed by atoms with Crippen LogP contribution < -0.4 is 4.90 Å². The zero-order valence-electron chi connectivity index (χ0n) is 15.4. The minimum Gasteiger partial charge on any atom is -0.366 e. The molecule has 8 nitrogen and oxygen atoms in total. The maximum Gasteiger partial charge on any atom is 0.267 e. The first-order valence-electron chi connectivity index (χ1n) is 9.47. The van der Waals surface area contributed by atoms with E-state index in [0.29, 0.717) is 5.95 Å². The van der Waals surface area contributed by atoms with E-state index in [4.69, 9.17) is 0 Å². The van der Waals surface area contributed by atoms with Gasteiger partial charge in [0.15, 0.2) is 0 Å². The average Bonchev–Trinajstić information content (AvgIpc) is 3.23. The zero-order valence-corrected chi connectivity index (χ0v) is 15.4. The van der Waals surface area contributed by atoms with Crippen LogP contribution >= 0.6 is 0 Å². The lowest BCUT2D eigenvalue weighted by molar-refractivity contribution is -0.939. The number of nitrogens with one attached hydrogen (secondary N) is 1. The van der Waals surface area contributed by atoms with E-state index in [1.807, 2.05) is 12.1 Å². The molecule has 2 aromatic rings. The van der Waals surface area contributed by atoms with Crippen molar-refractivity contribution in [2.24, 2.45) is 10.2 Å². The number of hydrogen-bond acceptors (Lipinski definition) is 6. The van der Waals surface area contributed by atoms with Crippen molar-refractivity contribution in [1.82, 2.24) is 20.1 Å². The molecule has 3 saturated heterocycles. The molecule has 0 unspecified atom stereocenters. The van der Waals surface area contributed by atoms with E-state index in [1.54, 1.807) is 0 Å². The first-order chi connectivity index (χ1) is 12.8. The minimum absolute atomic E-state index is 0.416. The Labute approximate surface area is 154 Å². The van der Waals surface area contributed by atoms with E-state index in [1.165, 1.54) is 62.3 Å². The summed E-state index contributed by atoms with van der Waals surface area (Å²) in [6, 6.07) is 8.27. The van der Waals surface area contributed by atoms with Crippen molar-refractivity contribution in [1.29, 1.82) is 0 Å². The second kappa shape index (κ2) is 7.51. The average molecular weight is 355 g/mol. The smallest absolute Gasteiger partial charge is 0.267 e. The van der Waals surface area contributed by atoms with Crippen molar-refractivity contribution >= 4 is 17.3 Å². The molecule has 4 heterocycles. The summed E-state index contributed by atoms with van der Waals surface area (Å²) >= 11 is 0. The van der Waals surface area contributed by atoms with Crippen LogP contribution in [0.5, 0.6) is 0 Å². The Morgan fingerprint density at radius 1 is 1.12 bits per heavy atom. The van der Waals surface area contributed by atoms with Crippen LogP contribution in [0.4, 0.5) is 17.3 Å². The second-order valence-electron chi connectivity index (χ2n) is 7.19. The molecule has 0 amide bonds. The summed E-state index contributed by atoms with van der Waals surface area (Å²) in [6.45, 7) is 13.4. The Kier molecular flexibility index (Phi) is 4.94. The maximum atomic E-state index is 4.19. The summed E-state index contributed by atoms with van der Waals surface area (Å²) in [7, 11) is 0. The molecule has 3 aliphatic heterocycles. The molecule has 3 aliphatic rings. The van der Waals surface area contributed by atoms with Crippen LogP contribution in [0.1, 0.15) is 6.92 Å². The molecule has 3 fully saturated rings. The summed E-state index contributed by atoms with van der Waals surface area (Å²) in [6.07, 6.45) is 1.49. The highest BCUT2D eigenvalue weighted by Gasteiger charge is 2.38. The first-order valence-corrected chi connectivity index (χ1v) is 9.47. The third kappa shape index (κ3) is 3.76. The van der Waals surface area contributed by atoms with Gasteiger partial charge in [0.25, 0.3) is 5.95 Å². The van der Waals surface area contributed by atoms with E-state index >= 15 is 0 Å². The molecule has 0 aliphatic carbocycles. The van der Waals surface area contributed by atoms with Gasteiger partial charge in [-0.2, -0.15) is 0 Å². The Bertz CT molecular complexity index is 702. The van der Waals surface area contributed by atoms with Gasteiger partial charge in [-0.25, -0.2) is 0 Å². The number of fused-ring (bicyclic) bond motifs is 3. The Balaban J connectivity index is 1.37. The van der Waals surface area contributed by atoms with E-state index in [2.05, 4.69) is 54.3 Å². The number of anilines is 1. The van der Waals surface area contributed by atoms with E-state index in [0.717, 1.165) is 18.8 Å². The van der Waals surface area contributed by atoms with Crippen LogP contribution in [0, 0.1) is 0 Å². The standard InChI is InChI=1S/C18H27N8/c1-2-25(10-14-26-11-7-24(8-12-26)9-13-26)17-5-3-16(4-6-17)21-23-18-19-15-20-22-18/h3-6,15H,2,7-14H2,1H3,(H,19,20,22)/q+1. The lowest BCUT2D eigenvalue weighted by atomic mass is 10.1. The fourth-order valence-corrected chi connectivity index (χ4v) is 3.95. The minimum atomic E-state index is 0.416. The quantitative estimate of drug-likeness (QED) is 0.610. The van der Waals surface area contributed by atoms with Gasteiger partial charge >= 0.3 is 0 Å². The predicted molar refractivity (Wildman–Crippen MR) is 101 cm³/mol. The molecule has 138 valence electrons. The van der Waals surface area contributed by atoms with Crippen LogP contribution in [0.25, 0.3) is 0 Å². The summed E-state index contributed by atoms with van der Waals surface area (Å²) in [5.41, 5.74) is 2.06. The van der Waals surface area contributed by atoms with Crippen molar-refractivity contribution in [2.75, 3.05) is 63.8 Å². The molecule has 1 aromatic carbocycles. The SMILES string of the molecule is CCN(CC[N+]12CCN(CC1)CC2)c1ccc(N=Nc2nnc[nH]2)cc1. The van der Waals surface area contributed by atoms with Crippen LogP contribution in [-0.4, -0.2) is 83.5 Å². The largest absolute Gasteiger partial charge is 0.366 e. The number of azo groups is 1. The number of rotatable bonds is 7. The van der Waals surface area contributed by atoms with Crippen molar-refractivity contribution < 1.29 is 4.48 Å². The number of H-pyrrole nitrogens is 1. The molecule has 1 N–H and O–H groups in total. The summed E-state index contributed by atoms with van der Waals surface area (Å²) < 4.78 is 1.30. The molecule has 1 aromatic heterocycles. The molecule has 0 atom stereocenters. The number of aromatic amines is 1. The highest BCUT2D eigenvalue weighted by molar-refractivity contribution is 5.52. The highest BCUT2D eigenvalue weighted by Crippen LogP contribution is 2.23. The molecule has 26 heavy (non-hydrogen) atoms. The van der Waals surface area contributed by atoms with Crippen molar-refractivity contribution in [3.05, 3.63) is 30.6 Å². The van der Waals surface area contributed by atoms with E-state index < -0.39 is 0 Å². The lowest BCUT2D eigenvalue weighted by Gasteiger charge is -2.51. The fraction of sp³-hybridized carbons (Fsp3) is 0.556. The van der Waals surface area contributed by atoms with Gasteiger partial charge in [-0.1, -0.05) is 0 Å². The molecular weight excluding hydrogens is 328 g/mol. The van der Waals surface area contributed by atoms with Crippen LogP contribution in [-0.2, 0) is 0 Å². The number of benzene rings is 1. The summed E-state index contributed by atoms with van der Waals surface area (Å²) in [5.74, 6) is 0.416. The topological polar surface area (TPSA) is 72.8 Å². The van der Waals surface area contributed by atoms with Crippen LogP contribution in [0.3, 0.4) is 0 Å². The van der Waals surface area contributed by atoms with Crippen LogP contribution in [0.2, 0.25) is 0 Å². The molecule has 0 saturated carbocycles. The molecule has 5 rings (SSSR count). The molecular formula is C18H27N8+. The number of likely N-dealkylation sites (N-methyl/N-ethyl adjacent to an activating group) is 1. The van der Waals surface area contributed by atoms with Gasteiger partial charge < -0.3 is 14.4 Å². The zero-order chi connectivity index (χ0) is 17.8. The Morgan fingerprint density at radius 3 is 2.46 bits per heavy atom. The Hall–Kier alpha value is -2.32. The van der Waals surface area contributed by atoms with Gasteiger partial charge in [0.05, 0.1) is 38.4 Å². The van der Waals surface area contributed by atoms with Gasteiger partial charge in [0.2, 0.25) is 0 Å². The number of piperazine rings is 3. The number of quaternary nitrogens is 1. The van der Waals surface area contributed by atoms with Gasteiger partial charge in [-0.15, -0.1) is 20.4 Å². The third-order valence-corrected chi connectivity index (χ3v) is 5.78. The number of hydrogen-bond donors (Lipinski definition) is 1. The van der Waals surface area contributed by atoms with Crippen molar-refractivity contribution in [3.8, 4) is 0 Å². The molecule has 8 heteroatoms.